The van der Waals surface area contributed by atoms with E-state index in [1.165, 1.54) is 5.56 Å². The van der Waals surface area contributed by atoms with E-state index >= 15 is 0 Å². The predicted octanol–water partition coefficient (Wildman–Crippen LogP) is 3.83. The normalized spacial score (nSPS) is 10.5. The van der Waals surface area contributed by atoms with E-state index in [-0.39, 0.29) is 17.7 Å². The van der Waals surface area contributed by atoms with Gasteiger partial charge in [0, 0.05) is 23.7 Å². The average Bonchev–Trinajstić information content (AvgIpc) is 2.56. The summed E-state index contributed by atoms with van der Waals surface area (Å²) in [7, 11) is 0. The molecule has 0 saturated carbocycles. The Labute approximate surface area is 143 Å². The number of amides is 2. The van der Waals surface area contributed by atoms with Crippen LogP contribution in [0.4, 0.5) is 5.69 Å². The minimum Gasteiger partial charge on any atom is -0.348 e. The van der Waals surface area contributed by atoms with Gasteiger partial charge in [0.05, 0.1) is 0 Å². The lowest BCUT2D eigenvalue weighted by atomic mass is 10.1. The molecule has 0 bridgehead atoms. The van der Waals surface area contributed by atoms with Crippen molar-refractivity contribution in [1.29, 1.82) is 0 Å². The van der Waals surface area contributed by atoms with Gasteiger partial charge in [-0.05, 0) is 54.8 Å². The van der Waals surface area contributed by atoms with Crippen LogP contribution in [0.25, 0.3) is 0 Å². The van der Waals surface area contributed by atoms with Crippen molar-refractivity contribution in [3.05, 3.63) is 64.7 Å². The fourth-order valence-electron chi connectivity index (χ4n) is 2.16. The highest BCUT2D eigenvalue weighted by molar-refractivity contribution is 5.94. The molecule has 24 heavy (non-hydrogen) atoms. The van der Waals surface area contributed by atoms with Gasteiger partial charge in [-0.1, -0.05) is 32.0 Å². The SMILES string of the molecule is Cc1ccc(C(=O)NCc2ccc(NC(=O)C(C)C)cc2)cc1C. The summed E-state index contributed by atoms with van der Waals surface area (Å²) in [4.78, 5) is 23.9. The highest BCUT2D eigenvalue weighted by Crippen LogP contribution is 2.12. The van der Waals surface area contributed by atoms with Gasteiger partial charge in [0.1, 0.15) is 0 Å². The van der Waals surface area contributed by atoms with Gasteiger partial charge in [0.15, 0.2) is 0 Å². The summed E-state index contributed by atoms with van der Waals surface area (Å²) >= 11 is 0. The number of hydrogen-bond acceptors (Lipinski definition) is 2. The fourth-order valence-corrected chi connectivity index (χ4v) is 2.16. The minimum absolute atomic E-state index is 0.00852. The third-order valence-electron chi connectivity index (χ3n) is 3.97. The van der Waals surface area contributed by atoms with Crippen LogP contribution < -0.4 is 10.6 Å². The summed E-state index contributed by atoms with van der Waals surface area (Å²) in [5.74, 6) is -0.150. The predicted molar refractivity (Wildman–Crippen MR) is 97.0 cm³/mol. The van der Waals surface area contributed by atoms with Crippen molar-refractivity contribution in [2.75, 3.05) is 5.32 Å². The first-order valence-electron chi connectivity index (χ1n) is 8.12. The Morgan fingerprint density at radius 3 is 2.21 bits per heavy atom. The molecule has 0 atom stereocenters. The summed E-state index contributed by atoms with van der Waals surface area (Å²) < 4.78 is 0. The largest absolute Gasteiger partial charge is 0.348 e. The molecule has 0 fully saturated rings. The number of nitrogens with one attached hydrogen (secondary N) is 2. The quantitative estimate of drug-likeness (QED) is 0.878. The van der Waals surface area contributed by atoms with Crippen LogP contribution in [0.2, 0.25) is 0 Å². The monoisotopic (exact) mass is 324 g/mol. The molecule has 0 aromatic heterocycles. The van der Waals surface area contributed by atoms with Gasteiger partial charge in [-0.15, -0.1) is 0 Å². The Bertz CT molecular complexity index is 734. The maximum Gasteiger partial charge on any atom is 0.251 e. The Morgan fingerprint density at radius 2 is 1.62 bits per heavy atom. The van der Waals surface area contributed by atoms with Gasteiger partial charge in [-0.3, -0.25) is 9.59 Å². The van der Waals surface area contributed by atoms with Crippen LogP contribution in [0.3, 0.4) is 0 Å². The van der Waals surface area contributed by atoms with E-state index < -0.39 is 0 Å². The molecule has 4 nitrogen and oxygen atoms in total. The van der Waals surface area contributed by atoms with E-state index in [1.807, 2.05) is 70.2 Å². The second-order valence-electron chi connectivity index (χ2n) is 6.32. The number of aryl methyl sites for hydroxylation is 2. The average molecular weight is 324 g/mol. The highest BCUT2D eigenvalue weighted by Gasteiger charge is 2.08. The molecule has 0 saturated heterocycles. The summed E-state index contributed by atoms with van der Waals surface area (Å²) in [6.45, 7) is 8.18. The third kappa shape index (κ3) is 4.69. The number of carbonyl (C=O) groups excluding carboxylic acids is 2. The molecule has 126 valence electrons. The number of rotatable bonds is 5. The first-order chi connectivity index (χ1) is 11.4. The zero-order valence-corrected chi connectivity index (χ0v) is 14.6. The summed E-state index contributed by atoms with van der Waals surface area (Å²) in [6, 6.07) is 13.2. The summed E-state index contributed by atoms with van der Waals surface area (Å²) in [5.41, 5.74) is 4.69. The van der Waals surface area contributed by atoms with E-state index in [4.69, 9.17) is 0 Å². The van der Waals surface area contributed by atoms with E-state index in [0.29, 0.717) is 12.1 Å². The van der Waals surface area contributed by atoms with E-state index in [1.54, 1.807) is 0 Å². The molecule has 2 amide bonds. The maximum atomic E-state index is 12.2. The van der Waals surface area contributed by atoms with Crippen molar-refractivity contribution in [1.82, 2.24) is 5.32 Å². The second-order valence-corrected chi connectivity index (χ2v) is 6.32. The lowest BCUT2D eigenvalue weighted by Crippen LogP contribution is -2.23. The van der Waals surface area contributed by atoms with Gasteiger partial charge in [-0.25, -0.2) is 0 Å². The summed E-state index contributed by atoms with van der Waals surface area (Å²) in [6.07, 6.45) is 0. The highest BCUT2D eigenvalue weighted by atomic mass is 16.2. The molecule has 0 aliphatic carbocycles. The Hall–Kier alpha value is -2.62. The Balaban J connectivity index is 1.93. The van der Waals surface area contributed by atoms with Crippen LogP contribution in [0, 0.1) is 19.8 Å². The third-order valence-corrected chi connectivity index (χ3v) is 3.97. The van der Waals surface area contributed by atoms with Gasteiger partial charge in [0.2, 0.25) is 5.91 Å². The zero-order valence-electron chi connectivity index (χ0n) is 14.6. The van der Waals surface area contributed by atoms with Gasteiger partial charge in [0.25, 0.3) is 5.91 Å². The Kier molecular flexibility index (Phi) is 5.74. The van der Waals surface area contributed by atoms with Crippen LogP contribution in [0.15, 0.2) is 42.5 Å². The van der Waals surface area contributed by atoms with Crippen molar-refractivity contribution < 1.29 is 9.59 Å². The maximum absolute atomic E-state index is 12.2. The first kappa shape index (κ1) is 17.7. The van der Waals surface area contributed by atoms with Gasteiger partial charge >= 0.3 is 0 Å². The first-order valence-corrected chi connectivity index (χ1v) is 8.12. The van der Waals surface area contributed by atoms with Gasteiger partial charge < -0.3 is 10.6 Å². The van der Waals surface area contributed by atoms with Crippen molar-refractivity contribution in [2.45, 2.75) is 34.2 Å². The molecule has 2 rings (SSSR count). The lowest BCUT2D eigenvalue weighted by molar-refractivity contribution is -0.118. The molecule has 0 heterocycles. The van der Waals surface area contributed by atoms with E-state index in [9.17, 15) is 9.59 Å². The molecule has 0 spiro atoms. The topological polar surface area (TPSA) is 58.2 Å². The smallest absolute Gasteiger partial charge is 0.251 e. The summed E-state index contributed by atoms with van der Waals surface area (Å²) in [5, 5.41) is 5.76. The standard InChI is InChI=1S/C20H24N2O2/c1-13(2)19(23)22-18-9-6-16(7-10-18)12-21-20(24)17-8-5-14(3)15(4)11-17/h5-11,13H,12H2,1-4H3,(H,21,24)(H,22,23). The van der Waals surface area contributed by atoms with Crippen LogP contribution in [-0.4, -0.2) is 11.8 Å². The van der Waals surface area contributed by atoms with Crippen LogP contribution >= 0.6 is 0 Å². The molecule has 2 aromatic rings. The van der Waals surface area contributed by atoms with Crippen molar-refractivity contribution in [3.8, 4) is 0 Å². The van der Waals surface area contributed by atoms with E-state index in [2.05, 4.69) is 10.6 Å². The molecule has 0 aliphatic rings. The number of anilines is 1. The lowest BCUT2D eigenvalue weighted by Gasteiger charge is -2.10. The fraction of sp³-hybridized carbons (Fsp3) is 0.300. The molecule has 2 N–H and O–H groups in total. The molecular weight excluding hydrogens is 300 g/mol. The van der Waals surface area contributed by atoms with Crippen LogP contribution in [-0.2, 0) is 11.3 Å². The number of benzene rings is 2. The van der Waals surface area contributed by atoms with Crippen LogP contribution in [0.5, 0.6) is 0 Å². The Morgan fingerprint density at radius 1 is 0.958 bits per heavy atom. The molecular formula is C20H24N2O2. The van der Waals surface area contributed by atoms with Crippen molar-refractivity contribution in [3.63, 3.8) is 0 Å². The van der Waals surface area contributed by atoms with Crippen molar-refractivity contribution >= 4 is 17.5 Å². The van der Waals surface area contributed by atoms with Crippen LogP contribution in [0.1, 0.15) is 40.9 Å². The zero-order chi connectivity index (χ0) is 17.7. The minimum atomic E-state index is -0.0877. The molecule has 2 aromatic carbocycles. The molecule has 4 heteroatoms. The second kappa shape index (κ2) is 7.77. The van der Waals surface area contributed by atoms with E-state index in [0.717, 1.165) is 16.8 Å². The number of hydrogen-bond donors (Lipinski definition) is 2. The molecule has 0 unspecified atom stereocenters. The van der Waals surface area contributed by atoms with Crippen molar-refractivity contribution in [2.24, 2.45) is 5.92 Å². The molecule has 0 radical (unpaired) electrons. The van der Waals surface area contributed by atoms with Gasteiger partial charge in [-0.2, -0.15) is 0 Å². The number of carbonyl (C=O) groups is 2. The molecule has 0 aliphatic heterocycles.